The van der Waals surface area contributed by atoms with Gasteiger partial charge in [0.1, 0.15) is 0 Å². The van der Waals surface area contributed by atoms with E-state index in [2.05, 4.69) is 9.97 Å². The molecule has 0 atom stereocenters. The van der Waals surface area contributed by atoms with Gasteiger partial charge in [-0.25, -0.2) is 4.79 Å². The van der Waals surface area contributed by atoms with Crippen LogP contribution in [0.5, 0.6) is 0 Å². The first-order valence-electron chi connectivity index (χ1n) is 4.17. The van der Waals surface area contributed by atoms with Crippen molar-refractivity contribution < 1.29 is 0 Å². The minimum atomic E-state index is -0.210. The maximum absolute atomic E-state index is 11.4. The third-order valence-corrected chi connectivity index (χ3v) is 2.59. The molecule has 0 saturated heterocycles. The second kappa shape index (κ2) is 3.71. The first kappa shape index (κ1) is 9.08. The van der Waals surface area contributed by atoms with E-state index >= 15 is 0 Å². The summed E-state index contributed by atoms with van der Waals surface area (Å²) < 4.78 is 1.57. The third-order valence-electron chi connectivity index (χ3n) is 1.82. The lowest BCUT2D eigenvalue weighted by Gasteiger charge is -2.01. The summed E-state index contributed by atoms with van der Waals surface area (Å²) >= 11 is 1.53. The van der Waals surface area contributed by atoms with Gasteiger partial charge in [-0.1, -0.05) is 0 Å². The Morgan fingerprint density at radius 1 is 1.57 bits per heavy atom. The van der Waals surface area contributed by atoms with E-state index in [0.29, 0.717) is 6.54 Å². The van der Waals surface area contributed by atoms with Crippen molar-refractivity contribution in [2.75, 3.05) is 0 Å². The van der Waals surface area contributed by atoms with Crippen molar-refractivity contribution in [2.24, 2.45) is 0 Å². The SMILES string of the molecule is Cc1ccn(Cc2cncs2)c(=O)n1. The van der Waals surface area contributed by atoms with Gasteiger partial charge in [0.25, 0.3) is 0 Å². The summed E-state index contributed by atoms with van der Waals surface area (Å²) in [5.74, 6) is 0. The largest absolute Gasteiger partial charge is 0.348 e. The Balaban J connectivity index is 2.30. The molecule has 72 valence electrons. The zero-order chi connectivity index (χ0) is 9.97. The van der Waals surface area contributed by atoms with Crippen LogP contribution in [0.1, 0.15) is 10.6 Å². The predicted molar refractivity (Wildman–Crippen MR) is 54.5 cm³/mol. The van der Waals surface area contributed by atoms with Crippen LogP contribution in [-0.2, 0) is 6.54 Å². The number of thiazole rings is 1. The molecule has 0 spiro atoms. The summed E-state index contributed by atoms with van der Waals surface area (Å²) in [6, 6.07) is 1.82. The van der Waals surface area contributed by atoms with Crippen LogP contribution in [0, 0.1) is 6.92 Å². The Morgan fingerprint density at radius 3 is 3.07 bits per heavy atom. The lowest BCUT2D eigenvalue weighted by atomic mass is 10.4. The summed E-state index contributed by atoms with van der Waals surface area (Å²) in [6.45, 7) is 2.36. The van der Waals surface area contributed by atoms with E-state index in [4.69, 9.17) is 0 Å². The molecule has 2 aromatic rings. The highest BCUT2D eigenvalue weighted by Crippen LogP contribution is 2.06. The van der Waals surface area contributed by atoms with Crippen LogP contribution in [0.15, 0.2) is 28.8 Å². The van der Waals surface area contributed by atoms with Gasteiger partial charge in [0.15, 0.2) is 0 Å². The van der Waals surface area contributed by atoms with Gasteiger partial charge in [-0.05, 0) is 13.0 Å². The molecule has 0 saturated carbocycles. The zero-order valence-electron chi connectivity index (χ0n) is 7.67. The summed E-state index contributed by atoms with van der Waals surface area (Å²) in [5.41, 5.74) is 2.29. The maximum atomic E-state index is 11.4. The fourth-order valence-corrected chi connectivity index (χ4v) is 1.71. The van der Waals surface area contributed by atoms with Crippen molar-refractivity contribution in [3.8, 4) is 0 Å². The maximum Gasteiger partial charge on any atom is 0.348 e. The fraction of sp³-hybridized carbons (Fsp3) is 0.222. The van der Waals surface area contributed by atoms with E-state index in [9.17, 15) is 4.79 Å². The lowest BCUT2D eigenvalue weighted by Crippen LogP contribution is -2.22. The average molecular weight is 207 g/mol. The van der Waals surface area contributed by atoms with Gasteiger partial charge >= 0.3 is 5.69 Å². The number of nitrogens with zero attached hydrogens (tertiary/aromatic N) is 3. The Bertz CT molecular complexity index is 475. The number of aromatic nitrogens is 3. The fourth-order valence-electron chi connectivity index (χ4n) is 1.12. The molecule has 5 heteroatoms. The van der Waals surface area contributed by atoms with E-state index in [1.54, 1.807) is 29.4 Å². The zero-order valence-corrected chi connectivity index (χ0v) is 8.49. The highest BCUT2D eigenvalue weighted by atomic mass is 32.1. The van der Waals surface area contributed by atoms with Crippen molar-refractivity contribution in [1.29, 1.82) is 0 Å². The lowest BCUT2D eigenvalue weighted by molar-refractivity contribution is 0.728. The van der Waals surface area contributed by atoms with Crippen molar-refractivity contribution in [3.05, 3.63) is 45.0 Å². The Labute approximate surface area is 84.9 Å². The minimum Gasteiger partial charge on any atom is -0.294 e. The van der Waals surface area contributed by atoms with E-state index in [0.717, 1.165) is 10.6 Å². The van der Waals surface area contributed by atoms with Gasteiger partial charge in [0, 0.05) is 23.0 Å². The monoisotopic (exact) mass is 207 g/mol. The highest BCUT2D eigenvalue weighted by Gasteiger charge is 1.99. The molecule has 14 heavy (non-hydrogen) atoms. The summed E-state index contributed by atoms with van der Waals surface area (Å²) in [7, 11) is 0. The topological polar surface area (TPSA) is 47.8 Å². The minimum absolute atomic E-state index is 0.210. The van der Waals surface area contributed by atoms with E-state index in [-0.39, 0.29) is 5.69 Å². The van der Waals surface area contributed by atoms with Gasteiger partial charge in [-0.3, -0.25) is 9.55 Å². The number of hydrogen-bond donors (Lipinski definition) is 0. The van der Waals surface area contributed by atoms with Crippen LogP contribution >= 0.6 is 11.3 Å². The van der Waals surface area contributed by atoms with Crippen LogP contribution in [0.2, 0.25) is 0 Å². The predicted octanol–water partition coefficient (Wildman–Crippen LogP) is 1.06. The number of aryl methyl sites for hydroxylation is 1. The molecule has 0 N–H and O–H groups in total. The number of rotatable bonds is 2. The quantitative estimate of drug-likeness (QED) is 0.739. The van der Waals surface area contributed by atoms with Gasteiger partial charge < -0.3 is 0 Å². The van der Waals surface area contributed by atoms with Crippen molar-refractivity contribution in [2.45, 2.75) is 13.5 Å². The molecule has 0 radical (unpaired) electrons. The number of hydrogen-bond acceptors (Lipinski definition) is 4. The summed E-state index contributed by atoms with van der Waals surface area (Å²) in [6.07, 6.45) is 3.52. The molecular formula is C9H9N3OS. The van der Waals surface area contributed by atoms with Crippen LogP contribution in [0.4, 0.5) is 0 Å². The second-order valence-electron chi connectivity index (χ2n) is 2.95. The molecule has 2 heterocycles. The third kappa shape index (κ3) is 1.88. The molecular weight excluding hydrogens is 198 g/mol. The molecule has 0 aliphatic carbocycles. The van der Waals surface area contributed by atoms with Crippen LogP contribution < -0.4 is 5.69 Å². The van der Waals surface area contributed by atoms with Gasteiger partial charge in [0.2, 0.25) is 0 Å². The van der Waals surface area contributed by atoms with Crippen molar-refractivity contribution >= 4 is 11.3 Å². The molecule has 2 rings (SSSR count). The Morgan fingerprint density at radius 2 is 2.43 bits per heavy atom. The molecule has 4 nitrogen and oxygen atoms in total. The summed E-state index contributed by atoms with van der Waals surface area (Å²) in [5, 5.41) is 0. The first-order chi connectivity index (χ1) is 6.75. The van der Waals surface area contributed by atoms with Crippen LogP contribution in [0.3, 0.4) is 0 Å². The van der Waals surface area contributed by atoms with E-state index in [1.807, 2.05) is 6.07 Å². The van der Waals surface area contributed by atoms with Crippen LogP contribution in [0.25, 0.3) is 0 Å². The molecule has 0 aliphatic rings. The van der Waals surface area contributed by atoms with Gasteiger partial charge in [-0.15, -0.1) is 11.3 Å². The molecule has 0 bridgehead atoms. The smallest absolute Gasteiger partial charge is 0.294 e. The van der Waals surface area contributed by atoms with Gasteiger partial charge in [-0.2, -0.15) is 4.98 Å². The molecule has 0 unspecified atom stereocenters. The first-order valence-corrected chi connectivity index (χ1v) is 5.05. The standard InChI is InChI=1S/C9H9N3OS/c1-7-2-3-12(9(13)11-7)5-8-4-10-6-14-8/h2-4,6H,5H2,1H3. The van der Waals surface area contributed by atoms with E-state index < -0.39 is 0 Å². The molecule has 0 amide bonds. The molecule has 0 aliphatic heterocycles. The normalized spacial score (nSPS) is 10.4. The molecule has 2 aromatic heterocycles. The second-order valence-corrected chi connectivity index (χ2v) is 3.92. The summed E-state index contributed by atoms with van der Waals surface area (Å²) in [4.78, 5) is 20.2. The van der Waals surface area contributed by atoms with Crippen LogP contribution in [-0.4, -0.2) is 14.5 Å². The molecule has 0 fully saturated rings. The molecule has 0 aromatic carbocycles. The Kier molecular flexibility index (Phi) is 2.41. The van der Waals surface area contributed by atoms with Gasteiger partial charge in [0.05, 0.1) is 12.1 Å². The Hall–Kier alpha value is -1.49. The van der Waals surface area contributed by atoms with E-state index in [1.165, 1.54) is 11.3 Å². The average Bonchev–Trinajstić information content (AvgIpc) is 2.62. The highest BCUT2D eigenvalue weighted by molar-refractivity contribution is 7.09. The van der Waals surface area contributed by atoms with Crippen molar-refractivity contribution in [1.82, 2.24) is 14.5 Å². The van der Waals surface area contributed by atoms with Crippen molar-refractivity contribution in [3.63, 3.8) is 0 Å².